The zero-order valence-electron chi connectivity index (χ0n) is 21.6. The third-order valence-corrected chi connectivity index (χ3v) is 8.87. The number of aryl methyl sites for hydroxylation is 1. The van der Waals surface area contributed by atoms with Gasteiger partial charge in [-0.1, -0.05) is 11.6 Å². The highest BCUT2D eigenvalue weighted by Crippen LogP contribution is 2.50. The highest BCUT2D eigenvalue weighted by Gasteiger charge is 2.52. The number of ether oxygens (including phenoxy) is 2. The quantitative estimate of drug-likeness (QED) is 0.413. The molecule has 0 spiro atoms. The van der Waals surface area contributed by atoms with Crippen LogP contribution in [0.2, 0.25) is 5.02 Å². The molecule has 1 aliphatic carbocycles. The van der Waals surface area contributed by atoms with Crippen LogP contribution in [0.5, 0.6) is 6.01 Å². The first-order chi connectivity index (χ1) is 19.0. The third-order valence-electron chi connectivity index (χ3n) is 8.57. The van der Waals surface area contributed by atoms with Gasteiger partial charge < -0.3 is 25.4 Å². The summed E-state index contributed by atoms with van der Waals surface area (Å²) in [5, 5.41) is 3.60. The first-order valence-corrected chi connectivity index (χ1v) is 13.7. The SMILES string of the molecule is Cc1cc(N)nc(-c2c(Cl)cc3c(N4CC5CCC(C4)N5)nc(OCC45COC(C4)C5)nc3c2F)c1C(F)(F)F. The van der Waals surface area contributed by atoms with Crippen molar-refractivity contribution in [2.75, 3.05) is 36.9 Å². The number of benzene rings is 1. The molecule has 5 aliphatic rings. The summed E-state index contributed by atoms with van der Waals surface area (Å²) in [5.41, 5.74) is 3.00. The molecule has 3 aromatic rings. The lowest BCUT2D eigenvalue weighted by atomic mass is 9.71. The predicted molar refractivity (Wildman–Crippen MR) is 141 cm³/mol. The molecule has 4 aliphatic heterocycles. The molecule has 4 bridgehead atoms. The molecular formula is C27H27ClF4N6O2. The Labute approximate surface area is 232 Å². The van der Waals surface area contributed by atoms with Gasteiger partial charge in [0.25, 0.3) is 0 Å². The van der Waals surface area contributed by atoms with Gasteiger partial charge in [0, 0.05) is 36.0 Å². The number of rotatable bonds is 5. The van der Waals surface area contributed by atoms with Crippen molar-refractivity contribution >= 4 is 34.1 Å². The normalized spacial score (nSPS) is 27.4. The van der Waals surface area contributed by atoms with Crippen molar-refractivity contribution in [3.63, 3.8) is 0 Å². The van der Waals surface area contributed by atoms with Crippen LogP contribution in [0.1, 0.15) is 36.8 Å². The summed E-state index contributed by atoms with van der Waals surface area (Å²) in [6, 6.07) is 2.98. The zero-order chi connectivity index (χ0) is 28.0. The van der Waals surface area contributed by atoms with Crippen LogP contribution in [0.25, 0.3) is 22.2 Å². The molecule has 13 heteroatoms. The molecule has 6 heterocycles. The van der Waals surface area contributed by atoms with E-state index in [1.807, 2.05) is 4.90 Å². The van der Waals surface area contributed by atoms with E-state index in [9.17, 15) is 13.2 Å². The van der Waals surface area contributed by atoms with Crippen LogP contribution in [-0.2, 0) is 10.9 Å². The minimum absolute atomic E-state index is 0.0435. The Morgan fingerprint density at radius 3 is 2.55 bits per heavy atom. The number of nitrogens with two attached hydrogens (primary N) is 1. The molecule has 8 rings (SSSR count). The number of pyridine rings is 1. The van der Waals surface area contributed by atoms with Crippen molar-refractivity contribution < 1.29 is 27.0 Å². The minimum Gasteiger partial charge on any atom is -0.463 e. The molecule has 0 radical (unpaired) electrons. The molecule has 2 aromatic heterocycles. The highest BCUT2D eigenvalue weighted by atomic mass is 35.5. The molecule has 8 nitrogen and oxygen atoms in total. The monoisotopic (exact) mass is 578 g/mol. The number of hydrogen-bond donors (Lipinski definition) is 2. The van der Waals surface area contributed by atoms with Crippen molar-refractivity contribution in [1.29, 1.82) is 0 Å². The van der Waals surface area contributed by atoms with E-state index in [0.29, 0.717) is 37.5 Å². The Morgan fingerprint density at radius 1 is 1.18 bits per heavy atom. The fraction of sp³-hybridized carbons (Fsp3) is 0.519. The molecule has 40 heavy (non-hydrogen) atoms. The summed E-state index contributed by atoms with van der Waals surface area (Å²) in [7, 11) is 0. The van der Waals surface area contributed by atoms with Crippen molar-refractivity contribution in [3.05, 3.63) is 34.1 Å². The second kappa shape index (κ2) is 9.02. The van der Waals surface area contributed by atoms with Crippen molar-refractivity contribution in [2.45, 2.75) is 57.0 Å². The fourth-order valence-electron chi connectivity index (χ4n) is 6.70. The van der Waals surface area contributed by atoms with E-state index >= 15 is 4.39 Å². The van der Waals surface area contributed by atoms with Gasteiger partial charge in [-0.2, -0.15) is 23.1 Å². The zero-order valence-corrected chi connectivity index (χ0v) is 22.4. The van der Waals surface area contributed by atoms with Crippen LogP contribution in [0, 0.1) is 18.2 Å². The van der Waals surface area contributed by atoms with Gasteiger partial charge in [0.15, 0.2) is 5.82 Å². The fourth-order valence-corrected chi connectivity index (χ4v) is 6.98. The van der Waals surface area contributed by atoms with Crippen molar-refractivity contribution in [1.82, 2.24) is 20.3 Å². The van der Waals surface area contributed by atoms with E-state index in [1.54, 1.807) is 0 Å². The Balaban J connectivity index is 1.39. The summed E-state index contributed by atoms with van der Waals surface area (Å²) in [6.07, 6.45) is -0.798. The average Bonchev–Trinajstić information content (AvgIpc) is 3.55. The molecule has 4 saturated heterocycles. The average molecular weight is 579 g/mol. The number of hydrogen-bond acceptors (Lipinski definition) is 8. The smallest absolute Gasteiger partial charge is 0.418 e. The van der Waals surface area contributed by atoms with Gasteiger partial charge in [-0.15, -0.1) is 0 Å². The Hall–Kier alpha value is -2.96. The number of nitrogen functional groups attached to an aromatic ring is 1. The summed E-state index contributed by atoms with van der Waals surface area (Å²) >= 11 is 6.54. The van der Waals surface area contributed by atoms with Crippen LogP contribution < -0.4 is 20.7 Å². The number of fused-ring (bicyclic) bond motifs is 4. The first-order valence-electron chi connectivity index (χ1n) is 13.3. The number of nitrogens with one attached hydrogen (secondary N) is 1. The van der Waals surface area contributed by atoms with Crippen LogP contribution in [0.4, 0.5) is 29.2 Å². The van der Waals surface area contributed by atoms with Crippen molar-refractivity contribution in [2.24, 2.45) is 5.41 Å². The molecule has 3 N–H and O–H groups in total. The number of nitrogens with zero attached hydrogens (tertiary/aromatic N) is 4. The third kappa shape index (κ3) is 4.22. The van der Waals surface area contributed by atoms with Crippen LogP contribution in [-0.4, -0.2) is 59.4 Å². The maximum atomic E-state index is 16.4. The Kier molecular flexibility index (Phi) is 5.86. The topological polar surface area (TPSA) is 98.4 Å². The van der Waals surface area contributed by atoms with Gasteiger partial charge in [-0.25, -0.2) is 9.37 Å². The van der Waals surface area contributed by atoms with E-state index in [1.165, 1.54) is 13.0 Å². The maximum Gasteiger partial charge on any atom is 0.418 e. The van der Waals surface area contributed by atoms with Crippen LogP contribution in [0.15, 0.2) is 12.1 Å². The Morgan fingerprint density at radius 2 is 1.90 bits per heavy atom. The summed E-state index contributed by atoms with van der Waals surface area (Å²) in [6.45, 7) is 3.40. The lowest BCUT2D eigenvalue weighted by Crippen LogP contribution is -2.51. The molecule has 5 fully saturated rings. The van der Waals surface area contributed by atoms with Gasteiger partial charge in [0.2, 0.25) is 0 Å². The lowest BCUT2D eigenvalue weighted by molar-refractivity contribution is -0.137. The van der Waals surface area contributed by atoms with E-state index < -0.39 is 28.8 Å². The lowest BCUT2D eigenvalue weighted by Gasteiger charge is -2.35. The predicted octanol–water partition coefficient (Wildman–Crippen LogP) is 4.89. The second-order valence-corrected chi connectivity index (χ2v) is 11.9. The molecule has 2 unspecified atom stereocenters. The minimum atomic E-state index is -4.82. The second-order valence-electron chi connectivity index (χ2n) is 11.5. The number of piperazine rings is 1. The maximum absolute atomic E-state index is 16.4. The summed E-state index contributed by atoms with van der Waals surface area (Å²) in [5.74, 6) is -0.787. The van der Waals surface area contributed by atoms with Gasteiger partial charge in [0.05, 0.1) is 41.2 Å². The molecule has 1 aromatic carbocycles. The van der Waals surface area contributed by atoms with Crippen LogP contribution >= 0.6 is 11.6 Å². The van der Waals surface area contributed by atoms with E-state index in [4.69, 9.17) is 26.8 Å². The van der Waals surface area contributed by atoms with Gasteiger partial charge in [0.1, 0.15) is 17.2 Å². The molecule has 1 saturated carbocycles. The van der Waals surface area contributed by atoms with E-state index in [0.717, 1.165) is 31.7 Å². The summed E-state index contributed by atoms with van der Waals surface area (Å²) in [4.78, 5) is 15.0. The van der Waals surface area contributed by atoms with Gasteiger partial charge in [-0.3, -0.25) is 0 Å². The number of alkyl halides is 3. The number of anilines is 2. The molecule has 212 valence electrons. The largest absolute Gasteiger partial charge is 0.463 e. The molecule has 2 atom stereocenters. The standard InChI is InChI=1S/C27H27ClF4N6O2/c1-12-4-18(33)35-23(20(12)27(30,31)32)19-17(28)5-16-22(21(19)29)36-25(40-11-26-6-15(7-26)39-10-26)37-24(16)38-8-13-2-3-14(9-38)34-13/h4-5,13-15,34H,2-3,6-11H2,1H3,(H2,33,35). The van der Waals surface area contributed by atoms with Crippen molar-refractivity contribution in [3.8, 4) is 17.3 Å². The number of aromatic nitrogens is 3. The number of halogens is 5. The Bertz CT molecular complexity index is 1510. The van der Waals surface area contributed by atoms with Crippen LogP contribution in [0.3, 0.4) is 0 Å². The highest BCUT2D eigenvalue weighted by molar-refractivity contribution is 6.34. The van der Waals surface area contributed by atoms with E-state index in [2.05, 4.69) is 20.3 Å². The van der Waals surface area contributed by atoms with Gasteiger partial charge >= 0.3 is 12.2 Å². The molecular weight excluding hydrogens is 552 g/mol. The first kappa shape index (κ1) is 26.0. The van der Waals surface area contributed by atoms with Gasteiger partial charge in [-0.05, 0) is 50.3 Å². The van der Waals surface area contributed by atoms with E-state index in [-0.39, 0.29) is 51.5 Å². The summed E-state index contributed by atoms with van der Waals surface area (Å²) < 4.78 is 70.5. The molecule has 0 amide bonds.